The number of hydrogen-bond donors (Lipinski definition) is 2. The van der Waals surface area contributed by atoms with Crippen LogP contribution in [0.15, 0.2) is 11.0 Å². The number of aromatic nitrogens is 1. The van der Waals surface area contributed by atoms with Crippen LogP contribution >= 0.6 is 22.7 Å². The van der Waals surface area contributed by atoms with Gasteiger partial charge in [-0.15, -0.1) is 22.7 Å². The molecule has 5 nitrogen and oxygen atoms in total. The lowest BCUT2D eigenvalue weighted by Crippen LogP contribution is -2.13. The Morgan fingerprint density at radius 1 is 1.19 bits per heavy atom. The van der Waals surface area contributed by atoms with E-state index < -0.39 is 10.0 Å². The Hall–Kier alpha value is -0.960. The molecule has 0 amide bonds. The van der Waals surface area contributed by atoms with E-state index in [1.807, 2.05) is 27.7 Å². The smallest absolute Gasteiger partial charge is 0.264 e. The second-order valence-corrected chi connectivity index (χ2v) is 8.87. The summed E-state index contributed by atoms with van der Waals surface area (Å²) in [5, 5.41) is 3.62. The number of nitrogens with one attached hydrogen (secondary N) is 2. The first kappa shape index (κ1) is 16.4. The average molecular weight is 346 g/mol. The molecule has 0 atom stereocenters. The van der Waals surface area contributed by atoms with Gasteiger partial charge in [0.25, 0.3) is 10.0 Å². The normalized spacial score (nSPS) is 11.8. The van der Waals surface area contributed by atoms with Crippen molar-refractivity contribution in [2.24, 2.45) is 0 Å². The number of nitrogens with zero attached hydrogens (tertiary/aromatic N) is 1. The van der Waals surface area contributed by atoms with E-state index in [9.17, 15) is 8.42 Å². The van der Waals surface area contributed by atoms with Crippen molar-refractivity contribution in [2.75, 3.05) is 11.3 Å². The number of thiophene rings is 1. The molecule has 0 fully saturated rings. The molecule has 2 rings (SSSR count). The summed E-state index contributed by atoms with van der Waals surface area (Å²) in [6.45, 7) is 9.19. The summed E-state index contributed by atoms with van der Waals surface area (Å²) in [5.74, 6) is 0. The van der Waals surface area contributed by atoms with Crippen molar-refractivity contribution in [1.29, 1.82) is 0 Å². The van der Waals surface area contributed by atoms with Crippen molar-refractivity contribution in [2.45, 2.75) is 39.1 Å². The largest absolute Gasteiger partial charge is 0.312 e. The topological polar surface area (TPSA) is 71.1 Å². The van der Waals surface area contributed by atoms with Crippen molar-refractivity contribution in [3.8, 4) is 0 Å². The fraction of sp³-hybridized carbons (Fsp3) is 0.462. The quantitative estimate of drug-likeness (QED) is 0.844. The molecule has 2 heterocycles. The van der Waals surface area contributed by atoms with Crippen LogP contribution in [0.3, 0.4) is 0 Å². The molecule has 0 aliphatic rings. The number of hydrogen-bond acceptors (Lipinski definition) is 6. The molecular formula is C13H19N3O2S3. The first-order valence-electron chi connectivity index (χ1n) is 6.60. The summed E-state index contributed by atoms with van der Waals surface area (Å²) in [4.78, 5) is 7.39. The molecule has 0 radical (unpaired) electrons. The Bertz CT molecular complexity index is 712. The fourth-order valence-electron chi connectivity index (χ4n) is 1.81. The summed E-state index contributed by atoms with van der Waals surface area (Å²) >= 11 is 2.85. The first-order chi connectivity index (χ1) is 9.83. The molecule has 8 heteroatoms. The van der Waals surface area contributed by atoms with Crippen LogP contribution in [0.5, 0.6) is 0 Å². The van der Waals surface area contributed by atoms with Gasteiger partial charge in [-0.1, -0.05) is 6.92 Å². The molecule has 116 valence electrons. The predicted molar refractivity (Wildman–Crippen MR) is 88.8 cm³/mol. The van der Waals surface area contributed by atoms with Crippen LogP contribution < -0.4 is 10.0 Å². The maximum absolute atomic E-state index is 12.5. The van der Waals surface area contributed by atoms with Crippen LogP contribution in [0, 0.1) is 20.8 Å². The van der Waals surface area contributed by atoms with Crippen LogP contribution in [-0.4, -0.2) is 19.9 Å². The lowest BCUT2D eigenvalue weighted by Gasteiger charge is -2.03. The molecule has 0 aliphatic carbocycles. The van der Waals surface area contributed by atoms with Crippen molar-refractivity contribution in [3.05, 3.63) is 26.4 Å². The van der Waals surface area contributed by atoms with Crippen LogP contribution in [0.4, 0.5) is 5.13 Å². The van der Waals surface area contributed by atoms with Crippen molar-refractivity contribution in [3.63, 3.8) is 0 Å². The molecule has 21 heavy (non-hydrogen) atoms. The van der Waals surface area contributed by atoms with Crippen molar-refractivity contribution >= 4 is 37.8 Å². The van der Waals surface area contributed by atoms with E-state index >= 15 is 0 Å². The highest BCUT2D eigenvalue weighted by molar-refractivity contribution is 7.93. The summed E-state index contributed by atoms with van der Waals surface area (Å²) in [5.41, 5.74) is 0.854. The molecule has 0 bridgehead atoms. The number of thiazole rings is 1. The predicted octanol–water partition coefficient (Wildman–Crippen LogP) is 3.04. The summed E-state index contributed by atoms with van der Waals surface area (Å²) in [6.07, 6.45) is 0. The number of anilines is 1. The van der Waals surface area contributed by atoms with Gasteiger partial charge in [0.05, 0.1) is 5.69 Å². The highest BCUT2D eigenvalue weighted by Crippen LogP contribution is 2.29. The minimum Gasteiger partial charge on any atom is -0.312 e. The molecule has 0 spiro atoms. The van der Waals surface area contributed by atoms with Gasteiger partial charge in [-0.2, -0.15) is 0 Å². The Balaban J connectivity index is 2.24. The van der Waals surface area contributed by atoms with E-state index in [1.54, 1.807) is 6.07 Å². The van der Waals surface area contributed by atoms with Gasteiger partial charge in [-0.05, 0) is 33.4 Å². The molecule has 0 aromatic carbocycles. The molecule has 0 saturated heterocycles. The molecule has 0 saturated carbocycles. The number of aryl methyl sites for hydroxylation is 3. The van der Waals surface area contributed by atoms with E-state index in [-0.39, 0.29) is 0 Å². The van der Waals surface area contributed by atoms with Gasteiger partial charge in [0.2, 0.25) is 0 Å². The zero-order valence-corrected chi connectivity index (χ0v) is 14.9. The first-order valence-corrected chi connectivity index (χ1v) is 9.72. The molecule has 0 unspecified atom stereocenters. The minimum atomic E-state index is -3.57. The molecule has 2 aromatic rings. The van der Waals surface area contributed by atoms with Gasteiger partial charge >= 0.3 is 0 Å². The minimum absolute atomic E-state index is 0.339. The van der Waals surface area contributed by atoms with Gasteiger partial charge in [-0.25, -0.2) is 13.4 Å². The van der Waals surface area contributed by atoms with Gasteiger partial charge in [0, 0.05) is 21.2 Å². The number of sulfonamides is 1. The monoisotopic (exact) mass is 345 g/mol. The SMILES string of the molecule is CCNCc1cc(S(=O)(=O)Nc2nc(C)c(C)s2)c(C)s1. The molecular weight excluding hydrogens is 326 g/mol. The Morgan fingerprint density at radius 3 is 2.48 bits per heavy atom. The third-order valence-corrected chi connectivity index (χ3v) is 6.77. The zero-order chi connectivity index (χ0) is 15.6. The van der Waals surface area contributed by atoms with Crippen LogP contribution in [0.25, 0.3) is 0 Å². The van der Waals surface area contributed by atoms with Gasteiger partial charge in [-0.3, -0.25) is 4.72 Å². The highest BCUT2D eigenvalue weighted by atomic mass is 32.2. The Morgan fingerprint density at radius 2 is 1.90 bits per heavy atom. The summed E-state index contributed by atoms with van der Waals surface area (Å²) in [7, 11) is -3.57. The Kier molecular flexibility index (Phi) is 5.03. The van der Waals surface area contributed by atoms with Crippen LogP contribution in [0.2, 0.25) is 0 Å². The summed E-state index contributed by atoms with van der Waals surface area (Å²) in [6, 6.07) is 1.73. The molecule has 2 N–H and O–H groups in total. The van der Waals surface area contributed by atoms with E-state index in [0.29, 0.717) is 16.6 Å². The van der Waals surface area contributed by atoms with Gasteiger partial charge < -0.3 is 5.32 Å². The second-order valence-electron chi connectivity index (χ2n) is 4.68. The average Bonchev–Trinajstić information content (AvgIpc) is 2.90. The third-order valence-electron chi connectivity index (χ3n) is 3.01. The van der Waals surface area contributed by atoms with E-state index in [2.05, 4.69) is 15.0 Å². The fourth-order valence-corrected chi connectivity index (χ4v) is 5.47. The van der Waals surface area contributed by atoms with Gasteiger partial charge in [0.1, 0.15) is 4.90 Å². The maximum Gasteiger partial charge on any atom is 0.264 e. The lowest BCUT2D eigenvalue weighted by atomic mass is 10.4. The summed E-state index contributed by atoms with van der Waals surface area (Å²) < 4.78 is 27.5. The molecule has 0 aliphatic heterocycles. The van der Waals surface area contributed by atoms with Crippen molar-refractivity contribution in [1.82, 2.24) is 10.3 Å². The van der Waals surface area contributed by atoms with E-state index in [0.717, 1.165) is 26.9 Å². The maximum atomic E-state index is 12.5. The van der Waals surface area contributed by atoms with Crippen LogP contribution in [-0.2, 0) is 16.6 Å². The van der Waals surface area contributed by atoms with Crippen molar-refractivity contribution < 1.29 is 8.42 Å². The zero-order valence-electron chi connectivity index (χ0n) is 12.5. The number of rotatable bonds is 6. The van der Waals surface area contributed by atoms with Gasteiger partial charge in [0.15, 0.2) is 5.13 Å². The third kappa shape index (κ3) is 3.82. The van der Waals surface area contributed by atoms with E-state index in [4.69, 9.17) is 0 Å². The highest BCUT2D eigenvalue weighted by Gasteiger charge is 2.21. The lowest BCUT2D eigenvalue weighted by molar-refractivity contribution is 0.601. The van der Waals surface area contributed by atoms with E-state index in [1.165, 1.54) is 22.7 Å². The Labute approximate surface area is 133 Å². The second kappa shape index (κ2) is 6.43. The van der Waals surface area contributed by atoms with Crippen LogP contribution in [0.1, 0.15) is 27.2 Å². The molecule has 2 aromatic heterocycles. The standard InChI is InChI=1S/C13H19N3O2S3/c1-5-14-7-11-6-12(10(4)19-11)21(17,18)16-13-15-8(2)9(3)20-13/h6,14H,5,7H2,1-4H3,(H,15,16).